The minimum Gasteiger partial charge on any atom is -0.423 e. The molecule has 0 fully saturated rings. The second kappa shape index (κ2) is 30.0. The van der Waals surface area contributed by atoms with E-state index in [-0.39, 0.29) is 0 Å². The Labute approximate surface area is 680 Å². The van der Waals surface area contributed by atoms with Crippen LogP contribution in [0.3, 0.4) is 0 Å². The van der Waals surface area contributed by atoms with Crippen molar-refractivity contribution in [3.8, 4) is 61.6 Å². The molecule has 0 saturated carbocycles. The van der Waals surface area contributed by atoms with Gasteiger partial charge in [0, 0.05) is 100 Å². The normalized spacial score (nSPS) is 11.8. The number of aromatic amines is 1. The largest absolute Gasteiger partial charge is 0.488 e. The van der Waals surface area contributed by atoms with E-state index in [1.54, 1.807) is 6.07 Å². The lowest BCUT2D eigenvalue weighted by atomic mass is 9.79. The summed E-state index contributed by atoms with van der Waals surface area (Å²) in [6.07, 6.45) is 1.97. The number of thiophene rings is 1. The van der Waals surface area contributed by atoms with Crippen molar-refractivity contribution in [2.75, 3.05) is 0 Å². The number of nitrogens with one attached hydrogen (secondary N) is 1. The molecule has 0 atom stereocenters. The van der Waals surface area contributed by atoms with Gasteiger partial charge < -0.3 is 28.7 Å². The molecular formula is C104H71BBr2N4O2S. The number of para-hydroxylation sites is 7. The molecule has 17 aromatic carbocycles. The van der Waals surface area contributed by atoms with Crippen molar-refractivity contribution in [1.29, 1.82) is 0 Å². The average Bonchev–Trinajstić information content (AvgIpc) is 1.64. The van der Waals surface area contributed by atoms with Crippen LogP contribution in [0.4, 0.5) is 0 Å². The van der Waals surface area contributed by atoms with Gasteiger partial charge in [-0.3, -0.25) is 0 Å². The van der Waals surface area contributed by atoms with Crippen LogP contribution in [0.5, 0.6) is 0 Å². The standard InChI is InChI=1S/C31H21N.C30H20N2.C18H12BrN.C13H11BO2.C12H7BrS/c1-2-9-25(10-3-1)32-30-13-7-6-12-27(30)29-20-22(16-17-31(29)32)21-14-15-24-18-23-8-4-5-11-26(23)28(24)19-21;1-2-8-22(9-3-1)32-29-13-7-5-11-24(29)26-19-21(15-17-30(26)32)20-14-16-28-25(18-20)23-10-4-6-12-27(23)31-28;19-13-10-11-18-16(12-13)15-8-4-5-9-17(15)20(18)14-6-2-1-3-7-14;15-14(16)11-6-5-10-7-9-3-1-2-4-12(9)13(10)8-11;13-8-5-6-12-10(7-8)9-3-1-2-4-11(9)14-12/h1-17,19-20H,18H2;1-19,31H;1-12H;1-6,8,15-16H,7H2;1-7H. The molecule has 0 saturated heterocycles. The summed E-state index contributed by atoms with van der Waals surface area (Å²) in [6.45, 7) is 0. The van der Waals surface area contributed by atoms with Crippen molar-refractivity contribution in [3.63, 3.8) is 0 Å². The summed E-state index contributed by atoms with van der Waals surface area (Å²) in [5.41, 5.74) is 29.5. The Morgan fingerprint density at radius 3 is 1.16 bits per heavy atom. The summed E-state index contributed by atoms with van der Waals surface area (Å²) in [7, 11) is -1.39. The van der Waals surface area contributed by atoms with Crippen LogP contribution in [0.25, 0.3) is 169 Å². The quantitative estimate of drug-likeness (QED) is 0.145. The molecule has 2 aliphatic rings. The molecule has 6 nitrogen and oxygen atoms in total. The molecule has 5 aromatic heterocycles. The molecule has 10 heteroatoms. The molecule has 3 N–H and O–H groups in total. The number of H-pyrrole nitrogens is 1. The van der Waals surface area contributed by atoms with Crippen LogP contribution < -0.4 is 5.46 Å². The van der Waals surface area contributed by atoms with Crippen LogP contribution in [0, 0.1) is 0 Å². The molecule has 0 aliphatic heterocycles. The molecule has 0 spiro atoms. The van der Waals surface area contributed by atoms with E-state index < -0.39 is 7.12 Å². The fourth-order valence-corrected chi connectivity index (χ4v) is 19.0. The predicted molar refractivity (Wildman–Crippen MR) is 490 cm³/mol. The van der Waals surface area contributed by atoms with E-state index >= 15 is 0 Å². The first-order valence-electron chi connectivity index (χ1n) is 38.5. The second-order valence-electron chi connectivity index (χ2n) is 29.2. The number of hydrogen-bond donors (Lipinski definition) is 3. The van der Waals surface area contributed by atoms with Crippen molar-refractivity contribution >= 4 is 163 Å². The lowest BCUT2D eigenvalue weighted by Gasteiger charge is -2.09. The summed E-state index contributed by atoms with van der Waals surface area (Å²) in [4.78, 5) is 3.53. The molecule has 114 heavy (non-hydrogen) atoms. The smallest absolute Gasteiger partial charge is 0.423 e. The van der Waals surface area contributed by atoms with Gasteiger partial charge >= 0.3 is 7.12 Å². The zero-order chi connectivity index (χ0) is 76.3. The number of halogens is 2. The van der Waals surface area contributed by atoms with Gasteiger partial charge in [-0.2, -0.15) is 0 Å². The van der Waals surface area contributed by atoms with Crippen molar-refractivity contribution in [2.24, 2.45) is 0 Å². The average molecular weight is 1610 g/mol. The Bertz CT molecular complexity index is 7440. The topological polar surface area (TPSA) is 71.0 Å². The van der Waals surface area contributed by atoms with Gasteiger partial charge in [-0.15, -0.1) is 11.3 Å². The fraction of sp³-hybridized carbons (Fsp3) is 0.0192. The highest BCUT2D eigenvalue weighted by Gasteiger charge is 2.23. The van der Waals surface area contributed by atoms with Gasteiger partial charge in [-0.1, -0.05) is 275 Å². The highest BCUT2D eigenvalue weighted by atomic mass is 79.9. The molecule has 24 rings (SSSR count). The van der Waals surface area contributed by atoms with Crippen LogP contribution in [-0.4, -0.2) is 35.9 Å². The monoisotopic (exact) mass is 1610 g/mol. The summed E-state index contributed by atoms with van der Waals surface area (Å²) in [5, 5.41) is 31.3. The van der Waals surface area contributed by atoms with E-state index in [0.717, 1.165) is 27.4 Å². The maximum atomic E-state index is 9.16. The van der Waals surface area contributed by atoms with Gasteiger partial charge in [0.05, 0.1) is 33.1 Å². The van der Waals surface area contributed by atoms with Gasteiger partial charge in [-0.05, 0) is 231 Å². The third-order valence-electron chi connectivity index (χ3n) is 22.5. The number of aromatic nitrogens is 4. The number of rotatable bonds is 6. The van der Waals surface area contributed by atoms with E-state index in [1.165, 1.54) is 186 Å². The SMILES string of the molecule is Brc1ccc2c(c1)c1ccccc1n2-c1ccccc1.Brc1ccc2sc3ccccc3c2c1.OB(O)c1ccc2c(c1)-c1ccccc1C2.c1ccc(-n2c3ccccc3c3cc(-c4ccc5[nH]c6ccccc6c5c4)ccc32)cc1.c1ccc(-n2c3ccccc3c3cc(-c4ccc5c(c4)-c4ccccc4C5)ccc32)cc1. The van der Waals surface area contributed by atoms with Crippen LogP contribution >= 0.6 is 43.2 Å². The second-order valence-corrected chi connectivity index (χ2v) is 32.1. The zero-order valence-corrected chi connectivity index (χ0v) is 65.8. The Morgan fingerprint density at radius 1 is 0.254 bits per heavy atom. The maximum absolute atomic E-state index is 9.16. The summed E-state index contributed by atoms with van der Waals surface area (Å²) in [5.74, 6) is 0. The summed E-state index contributed by atoms with van der Waals surface area (Å²) < 4.78 is 12.0. The number of nitrogens with zero attached hydrogens (tertiary/aromatic N) is 3. The third-order valence-corrected chi connectivity index (χ3v) is 24.6. The lowest BCUT2D eigenvalue weighted by molar-refractivity contribution is 0.426. The lowest BCUT2D eigenvalue weighted by Crippen LogP contribution is -2.29. The van der Waals surface area contributed by atoms with E-state index in [4.69, 9.17) is 10.0 Å². The van der Waals surface area contributed by atoms with Gasteiger partial charge in [0.15, 0.2) is 0 Å². The molecule has 0 amide bonds. The highest BCUT2D eigenvalue weighted by molar-refractivity contribution is 9.10. The molecular weight excluding hydrogens is 1540 g/mol. The number of hydrogen-bond acceptors (Lipinski definition) is 3. The Balaban J connectivity index is 0.0000000960. The number of benzene rings is 17. The van der Waals surface area contributed by atoms with Gasteiger partial charge in [-0.25, -0.2) is 0 Å². The van der Waals surface area contributed by atoms with E-state index in [2.05, 4.69) is 402 Å². The van der Waals surface area contributed by atoms with Gasteiger partial charge in [0.25, 0.3) is 0 Å². The third kappa shape index (κ3) is 13.0. The molecule has 0 unspecified atom stereocenters. The minimum atomic E-state index is -1.39. The Morgan fingerprint density at radius 2 is 0.614 bits per heavy atom. The van der Waals surface area contributed by atoms with E-state index in [9.17, 15) is 0 Å². The van der Waals surface area contributed by atoms with Crippen LogP contribution in [-0.2, 0) is 12.8 Å². The first kappa shape index (κ1) is 70.2. The molecule has 0 bridgehead atoms. The maximum Gasteiger partial charge on any atom is 0.488 e. The fourth-order valence-electron chi connectivity index (χ4n) is 17.1. The summed E-state index contributed by atoms with van der Waals surface area (Å²) in [6, 6.07) is 138. The van der Waals surface area contributed by atoms with Crippen LogP contribution in [0.1, 0.15) is 22.3 Å². The highest BCUT2D eigenvalue weighted by Crippen LogP contribution is 2.44. The first-order chi connectivity index (χ1) is 56.2. The predicted octanol–water partition coefficient (Wildman–Crippen LogP) is 27.4. The number of fused-ring (bicyclic) bond motifs is 21. The van der Waals surface area contributed by atoms with Crippen molar-refractivity contribution in [2.45, 2.75) is 12.8 Å². The molecule has 22 aromatic rings. The Hall–Kier alpha value is -12.9. The van der Waals surface area contributed by atoms with Gasteiger partial charge in [0.1, 0.15) is 0 Å². The van der Waals surface area contributed by atoms with Crippen molar-refractivity contribution in [1.82, 2.24) is 18.7 Å². The zero-order valence-electron chi connectivity index (χ0n) is 61.8. The first-order valence-corrected chi connectivity index (χ1v) is 40.9. The summed E-state index contributed by atoms with van der Waals surface area (Å²) >= 11 is 8.93. The molecule has 542 valence electrons. The van der Waals surface area contributed by atoms with Crippen LogP contribution in [0.2, 0.25) is 0 Å². The van der Waals surface area contributed by atoms with Crippen LogP contribution in [0.15, 0.2) is 397 Å². The van der Waals surface area contributed by atoms with E-state index in [0.29, 0.717) is 5.46 Å². The van der Waals surface area contributed by atoms with E-state index in [1.807, 2.05) is 41.7 Å². The van der Waals surface area contributed by atoms with Crippen molar-refractivity contribution in [3.05, 3.63) is 419 Å². The Kier molecular flexibility index (Phi) is 18.5. The molecule has 5 heterocycles. The van der Waals surface area contributed by atoms with Gasteiger partial charge in [0.2, 0.25) is 0 Å². The minimum absolute atomic E-state index is 0.551. The molecule has 0 radical (unpaired) electrons. The molecule has 2 aliphatic carbocycles. The van der Waals surface area contributed by atoms with Crippen molar-refractivity contribution < 1.29 is 10.0 Å².